The van der Waals surface area contributed by atoms with Crippen molar-refractivity contribution in [1.82, 2.24) is 9.99 Å². The molecule has 24 heavy (non-hydrogen) atoms. The van der Waals surface area contributed by atoms with Crippen LogP contribution in [0.15, 0.2) is 53.8 Å². The van der Waals surface area contributed by atoms with Gasteiger partial charge in [0, 0.05) is 12.8 Å². The normalized spacial score (nSPS) is 14.3. The van der Waals surface area contributed by atoms with Crippen molar-refractivity contribution in [2.75, 3.05) is 5.32 Å². The number of rotatable bonds is 4. The topological polar surface area (TPSA) is 74.7 Å². The second kappa shape index (κ2) is 7.23. The fourth-order valence-electron chi connectivity index (χ4n) is 2.30. The van der Waals surface area contributed by atoms with E-state index in [4.69, 9.17) is 11.6 Å². The molecule has 2 aromatic rings. The first-order valence-electron chi connectivity index (χ1n) is 7.46. The minimum atomic E-state index is -0.343. The lowest BCUT2D eigenvalue weighted by molar-refractivity contribution is -0.132. The van der Waals surface area contributed by atoms with E-state index in [0.717, 1.165) is 5.56 Å². The molecule has 0 unspecified atom stereocenters. The fourth-order valence-corrected chi connectivity index (χ4v) is 2.41. The van der Waals surface area contributed by atoms with Crippen molar-refractivity contribution in [2.24, 2.45) is 5.10 Å². The second-order valence-electron chi connectivity index (χ2n) is 5.31. The summed E-state index contributed by atoms with van der Waals surface area (Å²) in [6.07, 6.45) is 2.05. The Labute approximate surface area is 144 Å². The molecule has 0 atom stereocenters. The van der Waals surface area contributed by atoms with Crippen LogP contribution >= 0.6 is 11.6 Å². The number of nitrogens with zero attached hydrogens (tertiary/aromatic N) is 3. The fraction of sp³-hybridized carbons (Fsp3) is 0.176. The van der Waals surface area contributed by atoms with Crippen LogP contribution in [0.5, 0.6) is 0 Å². The Kier molecular flexibility index (Phi) is 4.86. The van der Waals surface area contributed by atoms with Crippen molar-refractivity contribution >= 4 is 34.8 Å². The van der Waals surface area contributed by atoms with E-state index in [0.29, 0.717) is 29.5 Å². The van der Waals surface area contributed by atoms with Crippen LogP contribution in [0, 0.1) is 0 Å². The van der Waals surface area contributed by atoms with E-state index in [1.54, 1.807) is 12.1 Å². The molecule has 0 bridgehead atoms. The van der Waals surface area contributed by atoms with Crippen LogP contribution in [-0.4, -0.2) is 27.5 Å². The molecule has 122 valence electrons. The Bertz CT molecular complexity index is 775. The lowest BCUT2D eigenvalue weighted by Gasteiger charge is -2.23. The van der Waals surface area contributed by atoms with E-state index in [1.165, 1.54) is 11.2 Å². The minimum absolute atomic E-state index is 0.0939. The number of halogens is 1. The smallest absolute Gasteiger partial charge is 0.271 e. The van der Waals surface area contributed by atoms with Gasteiger partial charge in [-0.3, -0.25) is 9.59 Å². The number of aromatic nitrogens is 1. The summed E-state index contributed by atoms with van der Waals surface area (Å²) in [6, 6.07) is 12.8. The molecular weight excluding hydrogens is 328 g/mol. The van der Waals surface area contributed by atoms with Gasteiger partial charge < -0.3 is 5.32 Å². The van der Waals surface area contributed by atoms with E-state index in [1.807, 2.05) is 30.3 Å². The maximum absolute atomic E-state index is 12.3. The van der Waals surface area contributed by atoms with Gasteiger partial charge in [-0.1, -0.05) is 41.9 Å². The Hall–Kier alpha value is -2.73. The van der Waals surface area contributed by atoms with Crippen LogP contribution in [-0.2, 0) is 16.1 Å². The van der Waals surface area contributed by atoms with Gasteiger partial charge >= 0.3 is 0 Å². The van der Waals surface area contributed by atoms with Crippen molar-refractivity contribution < 1.29 is 9.59 Å². The molecule has 6 nitrogen and oxygen atoms in total. The number of amides is 2. The Morgan fingerprint density at radius 1 is 1.17 bits per heavy atom. The van der Waals surface area contributed by atoms with Gasteiger partial charge in [0.1, 0.15) is 10.9 Å². The number of hydrogen-bond donors (Lipinski definition) is 1. The molecule has 2 amide bonds. The number of carbonyl (C=O) groups is 2. The summed E-state index contributed by atoms with van der Waals surface area (Å²) in [6.45, 7) is 0.346. The molecule has 1 N–H and O–H groups in total. The standard InChI is InChI=1S/C17H15ClN4O2/c18-15-8-6-13(10-19-15)20-17(24)14-7-9-16(23)22(21-14)11-12-4-2-1-3-5-12/h1-6,8,10H,7,9,11H2,(H,20,24). The molecule has 1 aromatic heterocycles. The van der Waals surface area contributed by atoms with Gasteiger partial charge in [-0.05, 0) is 17.7 Å². The van der Waals surface area contributed by atoms with Gasteiger partial charge in [-0.15, -0.1) is 0 Å². The number of pyridine rings is 1. The molecular formula is C17H15ClN4O2. The SMILES string of the molecule is O=C(Nc1ccc(Cl)nc1)C1=NN(Cc2ccccc2)C(=O)CC1. The molecule has 1 aromatic carbocycles. The first-order chi connectivity index (χ1) is 11.6. The predicted octanol–water partition coefficient (Wildman–Crippen LogP) is 2.85. The van der Waals surface area contributed by atoms with Crippen molar-refractivity contribution in [2.45, 2.75) is 19.4 Å². The van der Waals surface area contributed by atoms with Crippen molar-refractivity contribution in [3.8, 4) is 0 Å². The van der Waals surface area contributed by atoms with Crippen LogP contribution in [0.2, 0.25) is 5.15 Å². The van der Waals surface area contributed by atoms with Crippen molar-refractivity contribution in [1.29, 1.82) is 0 Å². The highest BCUT2D eigenvalue weighted by molar-refractivity contribution is 6.43. The largest absolute Gasteiger partial charge is 0.319 e. The molecule has 0 saturated heterocycles. The molecule has 0 aliphatic carbocycles. The van der Waals surface area contributed by atoms with Crippen LogP contribution in [0.25, 0.3) is 0 Å². The first kappa shape index (κ1) is 16.1. The number of hydrazone groups is 1. The lowest BCUT2D eigenvalue weighted by atomic mass is 10.1. The van der Waals surface area contributed by atoms with E-state index in [9.17, 15) is 9.59 Å². The summed E-state index contributed by atoms with van der Waals surface area (Å²) in [4.78, 5) is 28.2. The zero-order valence-electron chi connectivity index (χ0n) is 12.8. The van der Waals surface area contributed by atoms with Gasteiger partial charge in [-0.2, -0.15) is 5.10 Å². The number of carbonyl (C=O) groups excluding carboxylic acids is 2. The number of hydrogen-bond acceptors (Lipinski definition) is 4. The summed E-state index contributed by atoms with van der Waals surface area (Å²) in [5.41, 5.74) is 1.80. The highest BCUT2D eigenvalue weighted by Crippen LogP contribution is 2.15. The van der Waals surface area contributed by atoms with Gasteiger partial charge in [0.15, 0.2) is 0 Å². The quantitative estimate of drug-likeness (QED) is 0.868. The summed E-state index contributed by atoms with van der Waals surface area (Å²) < 4.78 is 0. The Morgan fingerprint density at radius 3 is 2.67 bits per heavy atom. The van der Waals surface area contributed by atoms with E-state index >= 15 is 0 Å². The van der Waals surface area contributed by atoms with Crippen molar-refractivity contribution in [3.63, 3.8) is 0 Å². The van der Waals surface area contributed by atoms with Crippen LogP contribution < -0.4 is 5.32 Å². The van der Waals surface area contributed by atoms with Crippen LogP contribution in [0.1, 0.15) is 18.4 Å². The average Bonchev–Trinajstić information content (AvgIpc) is 2.60. The van der Waals surface area contributed by atoms with Gasteiger partial charge in [0.05, 0.1) is 18.4 Å². The molecule has 0 radical (unpaired) electrons. The molecule has 1 aliphatic rings. The zero-order chi connectivity index (χ0) is 16.9. The molecule has 7 heteroatoms. The van der Waals surface area contributed by atoms with Gasteiger partial charge in [0.25, 0.3) is 5.91 Å². The number of benzene rings is 1. The Morgan fingerprint density at radius 2 is 1.96 bits per heavy atom. The molecule has 3 rings (SSSR count). The average molecular weight is 343 g/mol. The summed E-state index contributed by atoms with van der Waals surface area (Å²) in [5, 5.41) is 8.61. The van der Waals surface area contributed by atoms with Crippen LogP contribution in [0.4, 0.5) is 5.69 Å². The summed E-state index contributed by atoms with van der Waals surface area (Å²) >= 11 is 5.72. The molecule has 0 saturated carbocycles. The number of anilines is 1. The molecule has 0 spiro atoms. The Balaban J connectivity index is 1.72. The van der Waals surface area contributed by atoms with Gasteiger partial charge in [-0.25, -0.2) is 9.99 Å². The van der Waals surface area contributed by atoms with E-state index < -0.39 is 0 Å². The van der Waals surface area contributed by atoms with Crippen molar-refractivity contribution in [3.05, 3.63) is 59.4 Å². The van der Waals surface area contributed by atoms with E-state index in [-0.39, 0.29) is 18.2 Å². The minimum Gasteiger partial charge on any atom is -0.319 e. The lowest BCUT2D eigenvalue weighted by Crippen LogP contribution is -2.36. The maximum Gasteiger partial charge on any atom is 0.271 e. The third-order valence-corrected chi connectivity index (χ3v) is 3.75. The predicted molar refractivity (Wildman–Crippen MR) is 91.5 cm³/mol. The van der Waals surface area contributed by atoms with Crippen LogP contribution in [0.3, 0.4) is 0 Å². The maximum atomic E-state index is 12.3. The molecule has 0 fully saturated rings. The summed E-state index contributed by atoms with van der Waals surface area (Å²) in [5.74, 6) is -0.437. The first-order valence-corrected chi connectivity index (χ1v) is 7.84. The monoisotopic (exact) mass is 342 g/mol. The highest BCUT2D eigenvalue weighted by atomic mass is 35.5. The van der Waals surface area contributed by atoms with Gasteiger partial charge in [0.2, 0.25) is 5.91 Å². The molecule has 2 heterocycles. The highest BCUT2D eigenvalue weighted by Gasteiger charge is 2.24. The number of nitrogens with one attached hydrogen (secondary N) is 1. The third-order valence-electron chi connectivity index (χ3n) is 3.53. The summed E-state index contributed by atoms with van der Waals surface area (Å²) in [7, 11) is 0. The third kappa shape index (κ3) is 3.97. The zero-order valence-corrected chi connectivity index (χ0v) is 13.5. The second-order valence-corrected chi connectivity index (χ2v) is 5.69. The molecule has 1 aliphatic heterocycles. The van der Waals surface area contributed by atoms with E-state index in [2.05, 4.69) is 15.4 Å².